The Morgan fingerprint density at radius 1 is 1.38 bits per heavy atom. The summed E-state index contributed by atoms with van der Waals surface area (Å²) in [4.78, 5) is 1.80. The number of aliphatic hydroxyl groups is 2. The first-order valence-corrected chi connectivity index (χ1v) is 5.86. The monoisotopic (exact) mass is 247 g/mol. The van der Waals surface area contributed by atoms with Crippen LogP contribution in [0.15, 0.2) is 0 Å². The summed E-state index contributed by atoms with van der Waals surface area (Å²) < 4.78 is 9.41. The van der Waals surface area contributed by atoms with E-state index in [1.54, 1.807) is 4.90 Å². The Labute approximate surface area is 98.4 Å². The predicted octanol–water partition coefficient (Wildman–Crippen LogP) is -0.0850. The Balaban J connectivity index is 2.89. The minimum atomic E-state index is 0.00334. The van der Waals surface area contributed by atoms with E-state index in [0.29, 0.717) is 31.3 Å². The van der Waals surface area contributed by atoms with Gasteiger partial charge in [-0.1, -0.05) is 0 Å². The Kier molecular flexibility index (Phi) is 5.30. The molecule has 0 aliphatic rings. The summed E-state index contributed by atoms with van der Waals surface area (Å²) in [5, 5.41) is 18.6. The molecule has 0 fully saturated rings. The van der Waals surface area contributed by atoms with Crippen molar-refractivity contribution in [2.24, 2.45) is 0 Å². The lowest BCUT2D eigenvalue weighted by Gasteiger charge is -2.21. The van der Waals surface area contributed by atoms with Crippen LogP contribution in [0.3, 0.4) is 0 Å². The van der Waals surface area contributed by atoms with E-state index in [1.165, 1.54) is 11.5 Å². The van der Waals surface area contributed by atoms with Gasteiger partial charge in [0.2, 0.25) is 0 Å². The van der Waals surface area contributed by atoms with Gasteiger partial charge >= 0.3 is 0 Å². The van der Waals surface area contributed by atoms with Gasteiger partial charge in [-0.15, -0.1) is 0 Å². The SMILES string of the molecule is CCOc1c(N)nsc1N(CCO)CCO. The summed E-state index contributed by atoms with van der Waals surface area (Å²) in [6.45, 7) is 3.21. The van der Waals surface area contributed by atoms with Crippen molar-refractivity contribution < 1.29 is 14.9 Å². The molecule has 0 aromatic carbocycles. The van der Waals surface area contributed by atoms with E-state index in [-0.39, 0.29) is 13.2 Å². The Hall–Kier alpha value is -1.05. The van der Waals surface area contributed by atoms with Crippen LogP contribution in [0.1, 0.15) is 6.92 Å². The Bertz CT molecular complexity index is 313. The molecule has 0 unspecified atom stereocenters. The van der Waals surface area contributed by atoms with Crippen LogP contribution in [-0.4, -0.2) is 47.5 Å². The van der Waals surface area contributed by atoms with E-state index in [2.05, 4.69) is 4.37 Å². The highest BCUT2D eigenvalue weighted by Crippen LogP contribution is 2.37. The van der Waals surface area contributed by atoms with Gasteiger partial charge in [-0.25, -0.2) is 0 Å². The molecule has 0 aliphatic heterocycles. The van der Waals surface area contributed by atoms with Gasteiger partial charge in [-0.05, 0) is 18.5 Å². The van der Waals surface area contributed by atoms with Crippen molar-refractivity contribution in [3.8, 4) is 5.75 Å². The number of nitrogen functional groups attached to an aromatic ring is 1. The predicted molar refractivity (Wildman–Crippen MR) is 64.1 cm³/mol. The van der Waals surface area contributed by atoms with Crippen LogP contribution in [-0.2, 0) is 0 Å². The van der Waals surface area contributed by atoms with E-state index >= 15 is 0 Å². The first-order valence-electron chi connectivity index (χ1n) is 5.09. The molecule has 0 radical (unpaired) electrons. The second-order valence-corrected chi connectivity index (χ2v) is 3.82. The molecule has 0 saturated heterocycles. The van der Waals surface area contributed by atoms with Crippen molar-refractivity contribution >= 4 is 22.4 Å². The molecule has 0 bridgehead atoms. The smallest absolute Gasteiger partial charge is 0.197 e. The molecule has 0 amide bonds. The maximum absolute atomic E-state index is 8.94. The first kappa shape index (κ1) is 13.0. The number of nitrogens with two attached hydrogens (primary N) is 1. The van der Waals surface area contributed by atoms with Crippen LogP contribution in [0, 0.1) is 0 Å². The summed E-state index contributed by atoms with van der Waals surface area (Å²) in [5.74, 6) is 0.886. The lowest BCUT2D eigenvalue weighted by molar-refractivity contribution is 0.280. The fourth-order valence-electron chi connectivity index (χ4n) is 1.32. The molecule has 0 aliphatic carbocycles. The van der Waals surface area contributed by atoms with Crippen molar-refractivity contribution in [3.63, 3.8) is 0 Å². The summed E-state index contributed by atoms with van der Waals surface area (Å²) in [7, 11) is 0. The van der Waals surface area contributed by atoms with Gasteiger partial charge in [0.1, 0.15) is 0 Å². The maximum atomic E-state index is 8.94. The highest BCUT2D eigenvalue weighted by molar-refractivity contribution is 7.11. The molecule has 0 atom stereocenters. The van der Waals surface area contributed by atoms with Crippen molar-refractivity contribution in [1.82, 2.24) is 4.37 Å². The van der Waals surface area contributed by atoms with Crippen molar-refractivity contribution in [3.05, 3.63) is 0 Å². The molecule has 1 aromatic heterocycles. The van der Waals surface area contributed by atoms with Crippen molar-refractivity contribution in [2.45, 2.75) is 6.92 Å². The number of hydrogen-bond donors (Lipinski definition) is 3. The molecule has 92 valence electrons. The molecule has 1 heterocycles. The number of hydrogen-bond acceptors (Lipinski definition) is 7. The zero-order valence-electron chi connectivity index (χ0n) is 9.22. The average molecular weight is 247 g/mol. The Morgan fingerprint density at radius 2 is 2.00 bits per heavy atom. The summed E-state index contributed by atoms with van der Waals surface area (Å²) >= 11 is 1.21. The number of anilines is 2. The summed E-state index contributed by atoms with van der Waals surface area (Å²) in [6.07, 6.45) is 0. The third-order valence-electron chi connectivity index (χ3n) is 1.97. The van der Waals surface area contributed by atoms with Gasteiger partial charge in [0.25, 0.3) is 0 Å². The van der Waals surface area contributed by atoms with E-state index in [4.69, 9.17) is 20.7 Å². The number of aliphatic hydroxyl groups excluding tert-OH is 2. The highest BCUT2D eigenvalue weighted by Gasteiger charge is 2.18. The quantitative estimate of drug-likeness (QED) is 0.624. The summed E-state index contributed by atoms with van der Waals surface area (Å²) in [5.41, 5.74) is 5.68. The number of ether oxygens (including phenoxy) is 1. The molecule has 16 heavy (non-hydrogen) atoms. The van der Waals surface area contributed by atoms with Gasteiger partial charge in [-0.2, -0.15) is 4.37 Å². The molecular weight excluding hydrogens is 230 g/mol. The molecule has 1 rings (SSSR count). The normalized spacial score (nSPS) is 10.4. The standard InChI is InChI=1S/C9H17N3O3S/c1-2-15-7-8(10)11-16-9(7)12(3-5-13)4-6-14/h13-14H,2-6H2,1H3,(H2,10,11). The van der Waals surface area contributed by atoms with E-state index in [0.717, 1.165) is 5.00 Å². The van der Waals surface area contributed by atoms with Crippen LogP contribution in [0.25, 0.3) is 0 Å². The van der Waals surface area contributed by atoms with Crippen molar-refractivity contribution in [2.75, 3.05) is 43.5 Å². The number of nitrogens with zero attached hydrogens (tertiary/aromatic N) is 2. The van der Waals surface area contributed by atoms with E-state index in [9.17, 15) is 0 Å². The van der Waals surface area contributed by atoms with Crippen molar-refractivity contribution in [1.29, 1.82) is 0 Å². The maximum Gasteiger partial charge on any atom is 0.197 e. The third-order valence-corrected chi connectivity index (χ3v) is 2.88. The van der Waals surface area contributed by atoms with Gasteiger partial charge in [0.05, 0.1) is 19.8 Å². The topological polar surface area (TPSA) is 91.8 Å². The second kappa shape index (κ2) is 6.51. The minimum absolute atomic E-state index is 0.00334. The van der Waals surface area contributed by atoms with Gasteiger partial charge in [0, 0.05) is 13.1 Å². The second-order valence-electron chi connectivity index (χ2n) is 3.07. The first-order chi connectivity index (χ1) is 7.74. The van der Waals surface area contributed by atoms with Crippen LogP contribution >= 0.6 is 11.5 Å². The fraction of sp³-hybridized carbons (Fsp3) is 0.667. The van der Waals surface area contributed by atoms with Gasteiger partial charge < -0.3 is 25.6 Å². The van der Waals surface area contributed by atoms with Crippen LogP contribution in [0.5, 0.6) is 5.75 Å². The minimum Gasteiger partial charge on any atom is -0.487 e. The lowest BCUT2D eigenvalue weighted by atomic mass is 10.4. The largest absolute Gasteiger partial charge is 0.487 e. The zero-order valence-corrected chi connectivity index (χ0v) is 10.0. The van der Waals surface area contributed by atoms with Gasteiger partial charge in [0.15, 0.2) is 16.6 Å². The average Bonchev–Trinajstić information content (AvgIpc) is 2.61. The Morgan fingerprint density at radius 3 is 2.50 bits per heavy atom. The number of aromatic nitrogens is 1. The molecule has 1 aromatic rings. The molecular formula is C9H17N3O3S. The fourth-order valence-corrected chi connectivity index (χ4v) is 2.13. The van der Waals surface area contributed by atoms with Crippen LogP contribution in [0.4, 0.5) is 10.8 Å². The lowest BCUT2D eigenvalue weighted by Crippen LogP contribution is -2.29. The molecule has 0 saturated carbocycles. The molecule has 0 spiro atoms. The third kappa shape index (κ3) is 2.97. The van der Waals surface area contributed by atoms with Gasteiger partial charge in [-0.3, -0.25) is 0 Å². The van der Waals surface area contributed by atoms with E-state index in [1.807, 2.05) is 6.92 Å². The molecule has 4 N–H and O–H groups in total. The summed E-state index contributed by atoms with van der Waals surface area (Å²) in [6, 6.07) is 0. The van der Waals surface area contributed by atoms with Crippen LogP contribution < -0.4 is 15.4 Å². The van der Waals surface area contributed by atoms with E-state index < -0.39 is 0 Å². The highest BCUT2D eigenvalue weighted by atomic mass is 32.1. The van der Waals surface area contributed by atoms with Crippen LogP contribution in [0.2, 0.25) is 0 Å². The molecule has 7 heteroatoms. The number of rotatable bonds is 7. The molecule has 6 nitrogen and oxygen atoms in total. The zero-order chi connectivity index (χ0) is 12.0.